The Bertz CT molecular complexity index is 329. The normalized spacial score (nSPS) is 36.4. The molecule has 1 amide bonds. The van der Waals surface area contributed by atoms with Gasteiger partial charge in [0.25, 0.3) is 0 Å². The molecule has 1 aliphatic heterocycles. The molecule has 108 valence electrons. The van der Waals surface area contributed by atoms with E-state index in [0.717, 1.165) is 31.8 Å². The Morgan fingerprint density at radius 2 is 1.95 bits per heavy atom. The topological polar surface area (TPSA) is 58.4 Å². The third kappa shape index (κ3) is 3.48. The van der Waals surface area contributed by atoms with Gasteiger partial charge in [0.05, 0.1) is 0 Å². The van der Waals surface area contributed by atoms with E-state index in [4.69, 9.17) is 5.73 Å². The van der Waals surface area contributed by atoms with Crippen LogP contribution < -0.4 is 11.1 Å². The van der Waals surface area contributed by atoms with Crippen LogP contribution in [0.1, 0.15) is 51.4 Å². The molecule has 2 saturated carbocycles. The second kappa shape index (κ2) is 5.80. The number of rotatable bonds is 4. The Balaban J connectivity index is 1.41. The zero-order valence-electron chi connectivity index (χ0n) is 11.8. The van der Waals surface area contributed by atoms with Gasteiger partial charge in [0, 0.05) is 37.6 Å². The molecule has 0 aromatic heterocycles. The molecule has 3 rings (SSSR count). The van der Waals surface area contributed by atoms with Crippen LogP contribution in [0.5, 0.6) is 0 Å². The summed E-state index contributed by atoms with van der Waals surface area (Å²) in [6.07, 6.45) is 9.18. The van der Waals surface area contributed by atoms with E-state index in [0.29, 0.717) is 18.4 Å². The number of carbonyl (C=O) groups is 1. The summed E-state index contributed by atoms with van der Waals surface area (Å²) in [7, 11) is 0. The molecule has 2 aliphatic carbocycles. The van der Waals surface area contributed by atoms with Gasteiger partial charge in [-0.25, -0.2) is 0 Å². The lowest BCUT2D eigenvalue weighted by Crippen LogP contribution is -2.41. The van der Waals surface area contributed by atoms with Gasteiger partial charge in [-0.1, -0.05) is 12.8 Å². The molecular formula is C15H27N3O. The summed E-state index contributed by atoms with van der Waals surface area (Å²) in [6.45, 7) is 2.23. The Kier molecular flexibility index (Phi) is 4.08. The summed E-state index contributed by atoms with van der Waals surface area (Å²) in [4.78, 5) is 14.7. The molecule has 0 bridgehead atoms. The molecule has 19 heavy (non-hydrogen) atoms. The van der Waals surface area contributed by atoms with Crippen molar-refractivity contribution in [1.82, 2.24) is 10.2 Å². The number of nitrogens with zero attached hydrogens (tertiary/aromatic N) is 1. The fourth-order valence-corrected chi connectivity index (χ4v) is 3.69. The van der Waals surface area contributed by atoms with Gasteiger partial charge in [-0.3, -0.25) is 9.69 Å². The molecule has 0 spiro atoms. The van der Waals surface area contributed by atoms with Crippen LogP contribution >= 0.6 is 0 Å². The van der Waals surface area contributed by atoms with Crippen LogP contribution in [0.4, 0.5) is 0 Å². The monoisotopic (exact) mass is 265 g/mol. The Hall–Kier alpha value is -0.610. The van der Waals surface area contributed by atoms with Crippen molar-refractivity contribution in [2.24, 2.45) is 11.7 Å². The quantitative estimate of drug-likeness (QED) is 0.804. The highest BCUT2D eigenvalue weighted by atomic mass is 16.1. The smallest absolute Gasteiger partial charge is 0.220 e. The lowest BCUT2D eigenvalue weighted by atomic mass is 9.83. The first-order valence-corrected chi connectivity index (χ1v) is 8.01. The second-order valence-corrected chi connectivity index (χ2v) is 6.69. The maximum absolute atomic E-state index is 12.1. The number of hydrogen-bond donors (Lipinski definition) is 2. The molecule has 1 heterocycles. The van der Waals surface area contributed by atoms with Gasteiger partial charge in [0.15, 0.2) is 0 Å². The van der Waals surface area contributed by atoms with Gasteiger partial charge in [0.2, 0.25) is 5.91 Å². The Labute approximate surface area is 116 Å². The predicted molar refractivity (Wildman–Crippen MR) is 75.7 cm³/mol. The predicted octanol–water partition coefficient (Wildman–Crippen LogP) is 1.25. The van der Waals surface area contributed by atoms with Crippen molar-refractivity contribution in [2.75, 3.05) is 13.1 Å². The van der Waals surface area contributed by atoms with E-state index in [1.165, 1.54) is 32.2 Å². The number of nitrogens with two attached hydrogens (primary N) is 1. The molecule has 3 aliphatic rings. The highest BCUT2D eigenvalue weighted by molar-refractivity contribution is 5.76. The van der Waals surface area contributed by atoms with Crippen molar-refractivity contribution in [1.29, 1.82) is 0 Å². The van der Waals surface area contributed by atoms with Crippen LogP contribution in [0.25, 0.3) is 0 Å². The van der Waals surface area contributed by atoms with E-state index in [-0.39, 0.29) is 11.9 Å². The third-order valence-corrected chi connectivity index (χ3v) is 5.06. The van der Waals surface area contributed by atoms with Crippen LogP contribution in [0.15, 0.2) is 0 Å². The molecule has 1 saturated heterocycles. The number of hydrogen-bond acceptors (Lipinski definition) is 3. The molecular weight excluding hydrogens is 238 g/mol. The summed E-state index contributed by atoms with van der Waals surface area (Å²) in [5.74, 6) is 0.639. The van der Waals surface area contributed by atoms with Gasteiger partial charge >= 0.3 is 0 Å². The maximum Gasteiger partial charge on any atom is 0.220 e. The van der Waals surface area contributed by atoms with Gasteiger partial charge < -0.3 is 11.1 Å². The zero-order chi connectivity index (χ0) is 13.2. The molecule has 0 aromatic carbocycles. The average molecular weight is 265 g/mol. The highest BCUT2D eigenvalue weighted by Gasteiger charge is 2.35. The maximum atomic E-state index is 12.1. The zero-order valence-corrected chi connectivity index (χ0v) is 11.8. The molecule has 3 N–H and O–H groups in total. The SMILES string of the molecule is NC1CCCCC1CC(=O)NC1CCN(C2CC2)C1. The highest BCUT2D eigenvalue weighted by Crippen LogP contribution is 2.30. The molecule has 4 nitrogen and oxygen atoms in total. The standard InChI is InChI=1S/C15H27N3O/c16-14-4-2-1-3-11(14)9-15(19)17-12-7-8-18(10-12)13-5-6-13/h11-14H,1-10,16H2,(H,17,19). The molecule has 0 aromatic rings. The van der Waals surface area contributed by atoms with Gasteiger partial charge in [0.1, 0.15) is 0 Å². The van der Waals surface area contributed by atoms with Crippen molar-refractivity contribution in [3.8, 4) is 0 Å². The van der Waals surface area contributed by atoms with Crippen LogP contribution in [0.3, 0.4) is 0 Å². The minimum atomic E-state index is 0.227. The fourth-order valence-electron chi connectivity index (χ4n) is 3.69. The van der Waals surface area contributed by atoms with Crippen molar-refractivity contribution in [2.45, 2.75) is 69.5 Å². The van der Waals surface area contributed by atoms with Crippen LogP contribution in [0, 0.1) is 5.92 Å². The third-order valence-electron chi connectivity index (χ3n) is 5.06. The van der Waals surface area contributed by atoms with Crippen molar-refractivity contribution in [3.05, 3.63) is 0 Å². The van der Waals surface area contributed by atoms with E-state index in [9.17, 15) is 4.79 Å². The van der Waals surface area contributed by atoms with E-state index in [1.54, 1.807) is 0 Å². The lowest BCUT2D eigenvalue weighted by molar-refractivity contribution is -0.123. The lowest BCUT2D eigenvalue weighted by Gasteiger charge is -2.28. The van der Waals surface area contributed by atoms with Crippen molar-refractivity contribution < 1.29 is 4.79 Å². The summed E-state index contributed by atoms with van der Waals surface area (Å²) in [5, 5.41) is 3.22. The Morgan fingerprint density at radius 1 is 1.16 bits per heavy atom. The first kappa shape index (κ1) is 13.4. The van der Waals surface area contributed by atoms with E-state index in [2.05, 4.69) is 10.2 Å². The largest absolute Gasteiger partial charge is 0.352 e. The second-order valence-electron chi connectivity index (χ2n) is 6.69. The van der Waals surface area contributed by atoms with Gasteiger partial charge in [-0.2, -0.15) is 0 Å². The first-order valence-electron chi connectivity index (χ1n) is 8.01. The molecule has 3 fully saturated rings. The number of likely N-dealkylation sites (tertiary alicyclic amines) is 1. The summed E-state index contributed by atoms with van der Waals surface area (Å²) in [6, 6.07) is 1.45. The van der Waals surface area contributed by atoms with Crippen molar-refractivity contribution in [3.63, 3.8) is 0 Å². The average Bonchev–Trinajstić information content (AvgIpc) is 3.14. The van der Waals surface area contributed by atoms with E-state index < -0.39 is 0 Å². The summed E-state index contributed by atoms with van der Waals surface area (Å²) >= 11 is 0. The fraction of sp³-hybridized carbons (Fsp3) is 0.933. The number of amides is 1. The van der Waals surface area contributed by atoms with Crippen LogP contribution in [-0.4, -0.2) is 42.0 Å². The minimum absolute atomic E-state index is 0.227. The van der Waals surface area contributed by atoms with E-state index in [1.807, 2.05) is 0 Å². The summed E-state index contributed by atoms with van der Waals surface area (Å²) < 4.78 is 0. The van der Waals surface area contributed by atoms with Crippen molar-refractivity contribution >= 4 is 5.91 Å². The molecule has 0 radical (unpaired) electrons. The van der Waals surface area contributed by atoms with E-state index >= 15 is 0 Å². The molecule has 4 heteroatoms. The summed E-state index contributed by atoms with van der Waals surface area (Å²) in [5.41, 5.74) is 6.12. The minimum Gasteiger partial charge on any atom is -0.352 e. The molecule has 3 atom stereocenters. The number of carbonyl (C=O) groups excluding carboxylic acids is 1. The molecule has 3 unspecified atom stereocenters. The van der Waals surface area contributed by atoms with Gasteiger partial charge in [-0.15, -0.1) is 0 Å². The number of nitrogens with one attached hydrogen (secondary N) is 1. The van der Waals surface area contributed by atoms with Gasteiger partial charge in [-0.05, 0) is 38.0 Å². The Morgan fingerprint density at radius 3 is 2.68 bits per heavy atom. The first-order chi connectivity index (χ1) is 9.22. The van der Waals surface area contributed by atoms with Crippen LogP contribution in [-0.2, 0) is 4.79 Å². The van der Waals surface area contributed by atoms with Crippen LogP contribution in [0.2, 0.25) is 0 Å².